The molecule has 0 N–H and O–H groups in total. The molecule has 0 aliphatic rings. The van der Waals surface area contributed by atoms with Crippen LogP contribution in [0.2, 0.25) is 0 Å². The zero-order valence-corrected chi connectivity index (χ0v) is 8.76. The summed E-state index contributed by atoms with van der Waals surface area (Å²) in [6.45, 7) is 0.395. The Labute approximate surface area is 93.4 Å². The summed E-state index contributed by atoms with van der Waals surface area (Å²) in [5.74, 6) is 0.282. The first-order chi connectivity index (χ1) is 7.75. The summed E-state index contributed by atoms with van der Waals surface area (Å²) in [5.41, 5.74) is -0.0252. The Morgan fingerprint density at radius 1 is 1.38 bits per heavy atom. The molecule has 0 saturated heterocycles. The number of unbranched alkanes of at least 4 members (excludes halogenated alkanes) is 2. The summed E-state index contributed by atoms with van der Waals surface area (Å²) in [7, 11) is 0. The lowest BCUT2D eigenvalue weighted by Gasteiger charge is -2.05. The summed E-state index contributed by atoms with van der Waals surface area (Å²) in [5, 5.41) is 19.0. The summed E-state index contributed by atoms with van der Waals surface area (Å²) >= 11 is 0. The number of ether oxygens (including phenoxy) is 1. The van der Waals surface area contributed by atoms with Gasteiger partial charge in [-0.15, -0.1) is 0 Å². The van der Waals surface area contributed by atoms with E-state index in [1.165, 1.54) is 6.07 Å². The van der Waals surface area contributed by atoms with E-state index < -0.39 is 4.92 Å². The largest absolute Gasteiger partial charge is 0.487 e. The second-order valence-corrected chi connectivity index (χ2v) is 3.19. The zero-order chi connectivity index (χ0) is 11.8. The number of nitriles is 1. The van der Waals surface area contributed by atoms with Gasteiger partial charge in [0.25, 0.3) is 0 Å². The molecular formula is C11H12N2O3. The molecule has 5 heteroatoms. The van der Waals surface area contributed by atoms with Gasteiger partial charge in [-0.3, -0.25) is 10.1 Å². The van der Waals surface area contributed by atoms with Gasteiger partial charge in [0.2, 0.25) is 0 Å². The molecule has 1 rings (SSSR count). The minimum atomic E-state index is -0.468. The van der Waals surface area contributed by atoms with E-state index >= 15 is 0 Å². The maximum Gasteiger partial charge on any atom is 0.310 e. The summed E-state index contributed by atoms with van der Waals surface area (Å²) in [6, 6.07) is 8.30. The van der Waals surface area contributed by atoms with Crippen LogP contribution in [0.4, 0.5) is 5.69 Å². The quantitative estimate of drug-likeness (QED) is 0.419. The van der Waals surface area contributed by atoms with E-state index in [4.69, 9.17) is 10.00 Å². The summed E-state index contributed by atoms with van der Waals surface area (Å²) in [6.07, 6.45) is 1.96. The molecule has 0 fully saturated rings. The lowest BCUT2D eigenvalue weighted by Crippen LogP contribution is -2.00. The maximum atomic E-state index is 10.6. The van der Waals surface area contributed by atoms with Gasteiger partial charge in [0.15, 0.2) is 5.75 Å². The van der Waals surface area contributed by atoms with E-state index in [2.05, 4.69) is 0 Å². The molecule has 0 amide bonds. The van der Waals surface area contributed by atoms with Crippen LogP contribution in [0.3, 0.4) is 0 Å². The van der Waals surface area contributed by atoms with E-state index in [9.17, 15) is 10.1 Å². The number of nitrogens with zero attached hydrogens (tertiary/aromatic N) is 2. The van der Waals surface area contributed by atoms with Crippen molar-refractivity contribution in [2.24, 2.45) is 0 Å². The minimum Gasteiger partial charge on any atom is -0.487 e. The highest BCUT2D eigenvalue weighted by Gasteiger charge is 2.12. The third-order valence-corrected chi connectivity index (χ3v) is 2.00. The Kier molecular flexibility index (Phi) is 4.80. The normalized spacial score (nSPS) is 9.44. The molecule has 5 nitrogen and oxygen atoms in total. The van der Waals surface area contributed by atoms with Crippen molar-refractivity contribution in [1.82, 2.24) is 0 Å². The number of benzene rings is 1. The molecule has 0 unspecified atom stereocenters. The van der Waals surface area contributed by atoms with Crippen molar-refractivity contribution in [2.45, 2.75) is 19.3 Å². The van der Waals surface area contributed by atoms with Crippen molar-refractivity contribution >= 4 is 5.69 Å². The third kappa shape index (κ3) is 3.58. The molecule has 0 atom stereocenters. The Morgan fingerprint density at radius 3 is 2.81 bits per heavy atom. The van der Waals surface area contributed by atoms with Gasteiger partial charge in [0, 0.05) is 12.5 Å². The predicted molar refractivity (Wildman–Crippen MR) is 58.1 cm³/mol. The second-order valence-electron chi connectivity index (χ2n) is 3.19. The molecule has 0 heterocycles. The van der Waals surface area contributed by atoms with Crippen molar-refractivity contribution in [3.63, 3.8) is 0 Å². The predicted octanol–water partition coefficient (Wildman–Crippen LogP) is 2.67. The van der Waals surface area contributed by atoms with Crippen molar-refractivity contribution in [1.29, 1.82) is 5.26 Å². The average Bonchev–Trinajstić information content (AvgIpc) is 2.29. The van der Waals surface area contributed by atoms with Gasteiger partial charge < -0.3 is 4.74 Å². The highest BCUT2D eigenvalue weighted by molar-refractivity contribution is 5.45. The van der Waals surface area contributed by atoms with Gasteiger partial charge in [0.1, 0.15) is 0 Å². The number of nitro groups is 1. The molecule has 0 aliphatic carbocycles. The fourth-order valence-electron chi connectivity index (χ4n) is 1.22. The molecule has 0 radical (unpaired) electrons. The van der Waals surface area contributed by atoms with Crippen molar-refractivity contribution in [2.75, 3.05) is 6.61 Å². The third-order valence-electron chi connectivity index (χ3n) is 2.00. The van der Waals surface area contributed by atoms with E-state index in [0.717, 1.165) is 12.8 Å². The zero-order valence-electron chi connectivity index (χ0n) is 8.76. The maximum absolute atomic E-state index is 10.6. The Bertz CT molecular complexity index is 398. The monoisotopic (exact) mass is 220 g/mol. The van der Waals surface area contributed by atoms with Gasteiger partial charge >= 0.3 is 5.69 Å². The summed E-state index contributed by atoms with van der Waals surface area (Å²) < 4.78 is 5.29. The number of nitro benzene ring substituents is 1. The average molecular weight is 220 g/mol. The molecular weight excluding hydrogens is 208 g/mol. The number of rotatable bonds is 6. The highest BCUT2D eigenvalue weighted by Crippen LogP contribution is 2.25. The van der Waals surface area contributed by atoms with Gasteiger partial charge in [-0.05, 0) is 18.9 Å². The van der Waals surface area contributed by atoms with Crippen LogP contribution in [0.5, 0.6) is 5.75 Å². The van der Waals surface area contributed by atoms with Gasteiger partial charge in [-0.25, -0.2) is 0 Å². The highest BCUT2D eigenvalue weighted by atomic mass is 16.6. The lowest BCUT2D eigenvalue weighted by molar-refractivity contribution is -0.385. The smallest absolute Gasteiger partial charge is 0.310 e. The van der Waals surface area contributed by atoms with E-state index in [1.807, 2.05) is 6.07 Å². The van der Waals surface area contributed by atoms with Crippen LogP contribution in [0, 0.1) is 21.4 Å². The molecule has 1 aromatic carbocycles. The lowest BCUT2D eigenvalue weighted by atomic mass is 10.2. The SMILES string of the molecule is N#CCCCCOc1ccccc1[N+](=O)[O-]. The molecule has 0 bridgehead atoms. The first kappa shape index (κ1) is 12.0. The van der Waals surface area contributed by atoms with Crippen molar-refractivity contribution in [3.05, 3.63) is 34.4 Å². The number of para-hydroxylation sites is 2. The number of hydrogen-bond acceptors (Lipinski definition) is 4. The molecule has 0 aromatic heterocycles. The molecule has 0 saturated carbocycles. The Balaban J connectivity index is 2.47. The Hall–Kier alpha value is -2.09. The van der Waals surface area contributed by atoms with Crippen molar-refractivity contribution in [3.8, 4) is 11.8 Å². The molecule has 84 valence electrons. The van der Waals surface area contributed by atoms with E-state index in [1.54, 1.807) is 18.2 Å². The van der Waals surface area contributed by atoms with Crippen LogP contribution in [-0.2, 0) is 0 Å². The molecule has 0 aliphatic heterocycles. The first-order valence-electron chi connectivity index (χ1n) is 4.99. The first-order valence-corrected chi connectivity index (χ1v) is 4.99. The molecule has 1 aromatic rings. The molecule has 16 heavy (non-hydrogen) atoms. The van der Waals surface area contributed by atoms with Crippen LogP contribution < -0.4 is 4.74 Å². The Morgan fingerprint density at radius 2 is 2.12 bits per heavy atom. The van der Waals surface area contributed by atoms with Crippen LogP contribution in [0.15, 0.2) is 24.3 Å². The fraction of sp³-hybridized carbons (Fsp3) is 0.364. The minimum absolute atomic E-state index is 0.0252. The van der Waals surface area contributed by atoms with Crippen LogP contribution in [0.25, 0.3) is 0 Å². The van der Waals surface area contributed by atoms with E-state index in [0.29, 0.717) is 13.0 Å². The number of hydrogen-bond donors (Lipinski definition) is 0. The second kappa shape index (κ2) is 6.40. The summed E-state index contributed by atoms with van der Waals surface area (Å²) in [4.78, 5) is 10.2. The molecule has 0 spiro atoms. The van der Waals surface area contributed by atoms with Crippen molar-refractivity contribution < 1.29 is 9.66 Å². The van der Waals surface area contributed by atoms with Crippen LogP contribution in [0.1, 0.15) is 19.3 Å². The van der Waals surface area contributed by atoms with Crippen LogP contribution >= 0.6 is 0 Å². The van der Waals surface area contributed by atoms with E-state index in [-0.39, 0.29) is 11.4 Å². The standard InChI is InChI=1S/C11H12N2O3/c12-8-4-1-5-9-16-11-7-3-2-6-10(11)13(14)15/h2-3,6-7H,1,4-5,9H2. The van der Waals surface area contributed by atoms with Gasteiger partial charge in [-0.1, -0.05) is 12.1 Å². The van der Waals surface area contributed by atoms with Gasteiger partial charge in [0.05, 0.1) is 17.6 Å². The fourth-order valence-corrected chi connectivity index (χ4v) is 1.22. The van der Waals surface area contributed by atoms with Crippen LogP contribution in [-0.4, -0.2) is 11.5 Å². The topological polar surface area (TPSA) is 76.2 Å². The van der Waals surface area contributed by atoms with Gasteiger partial charge in [-0.2, -0.15) is 5.26 Å².